The van der Waals surface area contributed by atoms with Crippen LogP contribution in [0.4, 0.5) is 0 Å². The minimum absolute atomic E-state index is 0.212. The number of hydrogen-bond donors (Lipinski definition) is 2. The molecule has 1 aromatic carbocycles. The molecule has 110 valence electrons. The molecule has 0 fully saturated rings. The summed E-state index contributed by atoms with van der Waals surface area (Å²) in [6.07, 6.45) is -0.971. The van der Waals surface area contributed by atoms with Crippen LogP contribution in [-0.2, 0) is 16.0 Å². The number of hydrogen-bond acceptors (Lipinski definition) is 3. The summed E-state index contributed by atoms with van der Waals surface area (Å²) in [4.78, 5) is 24.5. The van der Waals surface area contributed by atoms with Gasteiger partial charge < -0.3 is 15.1 Å². The number of likely N-dealkylation sites (N-methyl/N-ethyl adjacent to an activating group) is 1. The van der Waals surface area contributed by atoms with Crippen LogP contribution >= 0.6 is 0 Å². The lowest BCUT2D eigenvalue weighted by molar-refractivity contribution is -0.153. The summed E-state index contributed by atoms with van der Waals surface area (Å²) in [7, 11) is 1.41. The fraction of sp³-hybridized carbons (Fsp3) is 0.467. The zero-order valence-corrected chi connectivity index (χ0v) is 12.0. The quantitative estimate of drug-likeness (QED) is 0.819. The Hall–Kier alpha value is -1.88. The Morgan fingerprint density at radius 3 is 2.20 bits per heavy atom. The highest BCUT2D eigenvalue weighted by molar-refractivity contribution is 5.86. The number of rotatable bonds is 6. The lowest BCUT2D eigenvalue weighted by atomic mass is 10.0. The summed E-state index contributed by atoms with van der Waals surface area (Å²) in [6, 6.07) is 8.12. The van der Waals surface area contributed by atoms with Crippen molar-refractivity contribution in [3.63, 3.8) is 0 Å². The van der Waals surface area contributed by atoms with Crippen molar-refractivity contribution in [1.82, 2.24) is 4.90 Å². The highest BCUT2D eigenvalue weighted by Crippen LogP contribution is 2.12. The summed E-state index contributed by atoms with van der Waals surface area (Å²) in [5.41, 5.74) is 0.832. The van der Waals surface area contributed by atoms with Gasteiger partial charge in [0, 0.05) is 13.5 Å². The van der Waals surface area contributed by atoms with E-state index in [0.717, 1.165) is 10.5 Å². The van der Waals surface area contributed by atoms with Crippen molar-refractivity contribution in [2.24, 2.45) is 5.92 Å². The van der Waals surface area contributed by atoms with Crippen LogP contribution in [0.5, 0.6) is 0 Å². The lowest BCUT2D eigenvalue weighted by Gasteiger charge is -2.28. The number of carboxylic acid groups (broad SMARTS) is 1. The number of aliphatic carboxylic acids is 1. The summed E-state index contributed by atoms with van der Waals surface area (Å²) >= 11 is 0. The number of amides is 1. The molecule has 0 heterocycles. The Labute approximate surface area is 118 Å². The molecule has 1 rings (SSSR count). The van der Waals surface area contributed by atoms with Gasteiger partial charge in [0.25, 0.3) is 5.91 Å². The second-order valence-electron chi connectivity index (χ2n) is 5.18. The highest BCUT2D eigenvalue weighted by atomic mass is 16.4. The first kappa shape index (κ1) is 16.2. The Bertz CT molecular complexity index is 458. The Balaban J connectivity index is 2.86. The van der Waals surface area contributed by atoms with E-state index in [2.05, 4.69) is 0 Å². The lowest BCUT2D eigenvalue weighted by Crippen LogP contribution is -2.49. The SMILES string of the molecule is CC(C)C(O)C(=O)N(C)C(Cc1ccccc1)C(=O)O. The fourth-order valence-electron chi connectivity index (χ4n) is 1.87. The van der Waals surface area contributed by atoms with Crippen LogP contribution < -0.4 is 0 Å². The van der Waals surface area contributed by atoms with Gasteiger partial charge in [-0.05, 0) is 11.5 Å². The second-order valence-corrected chi connectivity index (χ2v) is 5.18. The Kier molecular flexibility index (Phi) is 5.70. The molecule has 0 aliphatic rings. The van der Waals surface area contributed by atoms with E-state index >= 15 is 0 Å². The molecule has 2 atom stereocenters. The topological polar surface area (TPSA) is 77.8 Å². The third-order valence-electron chi connectivity index (χ3n) is 3.26. The maximum absolute atomic E-state index is 12.0. The largest absolute Gasteiger partial charge is 0.480 e. The number of aliphatic hydroxyl groups excluding tert-OH is 1. The minimum Gasteiger partial charge on any atom is -0.480 e. The summed E-state index contributed by atoms with van der Waals surface area (Å²) in [5, 5.41) is 19.1. The molecular formula is C15H21NO4. The van der Waals surface area contributed by atoms with E-state index in [4.69, 9.17) is 0 Å². The summed E-state index contributed by atoms with van der Waals surface area (Å²) in [5.74, 6) is -1.90. The highest BCUT2D eigenvalue weighted by Gasteiger charge is 2.31. The Morgan fingerprint density at radius 2 is 1.75 bits per heavy atom. The first-order valence-corrected chi connectivity index (χ1v) is 6.56. The summed E-state index contributed by atoms with van der Waals surface area (Å²) < 4.78 is 0. The Morgan fingerprint density at radius 1 is 1.20 bits per heavy atom. The molecule has 1 aromatic rings. The second kappa shape index (κ2) is 7.05. The number of aliphatic hydroxyl groups is 1. The van der Waals surface area contributed by atoms with E-state index in [9.17, 15) is 19.8 Å². The van der Waals surface area contributed by atoms with E-state index in [1.807, 2.05) is 30.3 Å². The molecule has 2 unspecified atom stereocenters. The van der Waals surface area contributed by atoms with Crippen LogP contribution in [0.1, 0.15) is 19.4 Å². The molecule has 1 amide bonds. The van der Waals surface area contributed by atoms with Crippen LogP contribution in [0.15, 0.2) is 30.3 Å². The molecule has 0 radical (unpaired) electrons. The maximum Gasteiger partial charge on any atom is 0.326 e. The van der Waals surface area contributed by atoms with E-state index in [0.29, 0.717) is 0 Å². The molecule has 2 N–H and O–H groups in total. The van der Waals surface area contributed by atoms with Crippen LogP contribution in [-0.4, -0.2) is 46.2 Å². The van der Waals surface area contributed by atoms with Crippen LogP contribution in [0, 0.1) is 5.92 Å². The fourth-order valence-corrected chi connectivity index (χ4v) is 1.87. The van der Waals surface area contributed by atoms with E-state index in [-0.39, 0.29) is 12.3 Å². The molecule has 0 saturated heterocycles. The smallest absolute Gasteiger partial charge is 0.326 e. The van der Waals surface area contributed by atoms with Crippen molar-refractivity contribution >= 4 is 11.9 Å². The maximum atomic E-state index is 12.0. The number of carbonyl (C=O) groups excluding carboxylic acids is 1. The number of benzene rings is 1. The normalized spacial score (nSPS) is 13.8. The van der Waals surface area contributed by atoms with Gasteiger partial charge in [-0.15, -0.1) is 0 Å². The number of carboxylic acids is 1. The average molecular weight is 279 g/mol. The standard InChI is InChI=1S/C15H21NO4/c1-10(2)13(17)14(18)16(3)12(15(19)20)9-11-7-5-4-6-8-11/h4-8,10,12-13,17H,9H2,1-3H3,(H,19,20). The number of carbonyl (C=O) groups is 2. The predicted molar refractivity (Wildman–Crippen MR) is 75.2 cm³/mol. The average Bonchev–Trinajstić information content (AvgIpc) is 2.43. The molecule has 0 bridgehead atoms. The van der Waals surface area contributed by atoms with Crippen molar-refractivity contribution in [2.75, 3.05) is 7.05 Å². The van der Waals surface area contributed by atoms with Crippen molar-refractivity contribution in [3.05, 3.63) is 35.9 Å². The van der Waals surface area contributed by atoms with Gasteiger partial charge in [0.1, 0.15) is 12.1 Å². The zero-order chi connectivity index (χ0) is 15.3. The molecule has 0 aliphatic heterocycles. The van der Waals surface area contributed by atoms with Gasteiger partial charge in [-0.25, -0.2) is 4.79 Å². The van der Waals surface area contributed by atoms with Crippen LogP contribution in [0.2, 0.25) is 0 Å². The zero-order valence-electron chi connectivity index (χ0n) is 12.0. The molecular weight excluding hydrogens is 258 g/mol. The molecule has 0 spiro atoms. The third-order valence-corrected chi connectivity index (χ3v) is 3.26. The molecule has 20 heavy (non-hydrogen) atoms. The monoisotopic (exact) mass is 279 g/mol. The molecule has 5 heteroatoms. The molecule has 5 nitrogen and oxygen atoms in total. The van der Waals surface area contributed by atoms with Gasteiger partial charge in [-0.1, -0.05) is 44.2 Å². The molecule has 0 saturated carbocycles. The number of nitrogens with zero attached hydrogens (tertiary/aromatic N) is 1. The van der Waals surface area contributed by atoms with Crippen LogP contribution in [0.25, 0.3) is 0 Å². The van der Waals surface area contributed by atoms with Crippen molar-refractivity contribution < 1.29 is 19.8 Å². The first-order valence-electron chi connectivity index (χ1n) is 6.56. The van der Waals surface area contributed by atoms with Crippen molar-refractivity contribution in [1.29, 1.82) is 0 Å². The first-order chi connectivity index (χ1) is 9.34. The molecule has 0 aliphatic carbocycles. The van der Waals surface area contributed by atoms with Gasteiger partial charge in [-0.3, -0.25) is 4.79 Å². The van der Waals surface area contributed by atoms with Gasteiger partial charge in [0.05, 0.1) is 0 Å². The third kappa shape index (κ3) is 4.06. The van der Waals surface area contributed by atoms with Crippen molar-refractivity contribution in [2.45, 2.75) is 32.4 Å². The van der Waals surface area contributed by atoms with Crippen molar-refractivity contribution in [3.8, 4) is 0 Å². The molecule has 0 aromatic heterocycles. The van der Waals surface area contributed by atoms with E-state index < -0.39 is 24.0 Å². The van der Waals surface area contributed by atoms with Gasteiger partial charge >= 0.3 is 5.97 Å². The summed E-state index contributed by atoms with van der Waals surface area (Å²) in [6.45, 7) is 3.42. The van der Waals surface area contributed by atoms with Gasteiger partial charge in [0.2, 0.25) is 0 Å². The minimum atomic E-state index is -1.18. The van der Waals surface area contributed by atoms with E-state index in [1.165, 1.54) is 7.05 Å². The van der Waals surface area contributed by atoms with Crippen LogP contribution in [0.3, 0.4) is 0 Å². The van der Waals surface area contributed by atoms with Gasteiger partial charge in [-0.2, -0.15) is 0 Å². The van der Waals surface area contributed by atoms with Gasteiger partial charge in [0.15, 0.2) is 0 Å². The predicted octanol–water partition coefficient (Wildman–Crippen LogP) is 1.16. The van der Waals surface area contributed by atoms with E-state index in [1.54, 1.807) is 13.8 Å².